The van der Waals surface area contributed by atoms with Crippen LogP contribution in [0.3, 0.4) is 0 Å². The summed E-state index contributed by atoms with van der Waals surface area (Å²) < 4.78 is 31.9. The van der Waals surface area contributed by atoms with E-state index in [1.807, 2.05) is 58.9 Å². The molecule has 0 fully saturated rings. The number of anilines is 1. The maximum Gasteiger partial charge on any atom is 0.244 e. The number of amides is 2. The van der Waals surface area contributed by atoms with Crippen molar-refractivity contribution in [1.82, 2.24) is 10.2 Å². The van der Waals surface area contributed by atoms with Crippen LogP contribution >= 0.6 is 0 Å². The lowest BCUT2D eigenvalue weighted by atomic mass is 10.1. The van der Waals surface area contributed by atoms with Crippen molar-refractivity contribution in [3.05, 3.63) is 59.7 Å². The van der Waals surface area contributed by atoms with Crippen molar-refractivity contribution in [2.24, 2.45) is 0 Å². The molecule has 9 heteroatoms. The molecule has 2 amide bonds. The standard InChI is InChI=1S/C27H39N3O5S/c1-7-21(5)28-27(32)25(8-2)29(18-22-13-11-10-12-20(22)4)26(31)19-30(36(6,33)34)23-14-16-24(17-15-23)35-9-3/h10-17,21,25H,7-9,18-19H2,1-6H3,(H,28,32)/t21-,25-/m1/s1. The second-order valence-electron chi connectivity index (χ2n) is 8.89. The van der Waals surface area contributed by atoms with Crippen LogP contribution in [0.1, 0.15) is 51.7 Å². The van der Waals surface area contributed by atoms with Crippen molar-refractivity contribution < 1.29 is 22.7 Å². The van der Waals surface area contributed by atoms with E-state index in [0.29, 0.717) is 24.5 Å². The van der Waals surface area contributed by atoms with E-state index >= 15 is 0 Å². The van der Waals surface area contributed by atoms with Crippen molar-refractivity contribution in [1.29, 1.82) is 0 Å². The zero-order valence-corrected chi connectivity index (χ0v) is 23.0. The van der Waals surface area contributed by atoms with Gasteiger partial charge < -0.3 is 15.0 Å². The predicted molar refractivity (Wildman–Crippen MR) is 144 cm³/mol. The second kappa shape index (κ2) is 13.3. The lowest BCUT2D eigenvalue weighted by molar-refractivity contribution is -0.140. The third-order valence-electron chi connectivity index (χ3n) is 6.10. The molecule has 2 rings (SSSR count). The monoisotopic (exact) mass is 517 g/mol. The molecule has 0 heterocycles. The molecule has 0 aliphatic carbocycles. The van der Waals surface area contributed by atoms with Crippen LogP contribution in [0.2, 0.25) is 0 Å². The number of nitrogens with one attached hydrogen (secondary N) is 1. The zero-order valence-electron chi connectivity index (χ0n) is 22.2. The largest absolute Gasteiger partial charge is 0.494 e. The van der Waals surface area contributed by atoms with Gasteiger partial charge in [-0.1, -0.05) is 38.1 Å². The van der Waals surface area contributed by atoms with Crippen LogP contribution in [-0.4, -0.2) is 56.6 Å². The zero-order chi connectivity index (χ0) is 26.9. The molecular formula is C27H39N3O5S. The molecule has 1 N–H and O–H groups in total. The van der Waals surface area contributed by atoms with Crippen LogP contribution in [0.4, 0.5) is 5.69 Å². The summed E-state index contributed by atoms with van der Waals surface area (Å²) in [6, 6.07) is 13.4. The van der Waals surface area contributed by atoms with Crippen LogP contribution < -0.4 is 14.4 Å². The molecule has 2 aromatic carbocycles. The normalized spacial score (nSPS) is 12.9. The van der Waals surface area contributed by atoms with Gasteiger partial charge in [-0.3, -0.25) is 13.9 Å². The first-order chi connectivity index (χ1) is 17.0. The van der Waals surface area contributed by atoms with E-state index in [2.05, 4.69) is 5.32 Å². The van der Waals surface area contributed by atoms with Gasteiger partial charge in [0.25, 0.3) is 0 Å². The van der Waals surface area contributed by atoms with E-state index in [9.17, 15) is 18.0 Å². The molecule has 198 valence electrons. The number of hydrogen-bond acceptors (Lipinski definition) is 5. The van der Waals surface area contributed by atoms with E-state index in [1.165, 1.54) is 4.90 Å². The van der Waals surface area contributed by atoms with Crippen LogP contribution in [-0.2, 0) is 26.2 Å². The molecular weight excluding hydrogens is 478 g/mol. The van der Waals surface area contributed by atoms with Crippen LogP contribution in [0, 0.1) is 6.92 Å². The quantitative estimate of drug-likeness (QED) is 0.435. The average Bonchev–Trinajstić information content (AvgIpc) is 2.83. The first kappa shape index (κ1) is 29.2. The first-order valence-electron chi connectivity index (χ1n) is 12.4. The number of benzene rings is 2. The summed E-state index contributed by atoms with van der Waals surface area (Å²) in [5, 5.41) is 2.97. The molecule has 0 radical (unpaired) electrons. The molecule has 36 heavy (non-hydrogen) atoms. The van der Waals surface area contributed by atoms with Crippen LogP contribution in [0.15, 0.2) is 48.5 Å². The molecule has 0 aliphatic rings. The Balaban J connectivity index is 2.43. The lowest BCUT2D eigenvalue weighted by Crippen LogP contribution is -2.53. The Bertz CT molecular complexity index is 1120. The van der Waals surface area contributed by atoms with E-state index in [0.717, 1.165) is 28.1 Å². The molecule has 0 spiro atoms. The Hall–Kier alpha value is -3.07. The summed E-state index contributed by atoms with van der Waals surface area (Å²) in [6.07, 6.45) is 2.21. The second-order valence-corrected chi connectivity index (χ2v) is 10.8. The van der Waals surface area contributed by atoms with Gasteiger partial charge in [0.15, 0.2) is 0 Å². The van der Waals surface area contributed by atoms with E-state index in [4.69, 9.17) is 4.74 Å². The summed E-state index contributed by atoms with van der Waals surface area (Å²) in [5.74, 6) is -0.0977. The SMILES string of the molecule is CCOc1ccc(N(CC(=O)N(Cc2ccccc2C)[C@H](CC)C(=O)N[C@H](C)CC)S(C)(=O)=O)cc1. The molecule has 8 nitrogen and oxygen atoms in total. The van der Waals surface area contributed by atoms with E-state index < -0.39 is 28.5 Å². The number of ether oxygens (including phenoxy) is 1. The summed E-state index contributed by atoms with van der Waals surface area (Å²) in [5.41, 5.74) is 2.23. The highest BCUT2D eigenvalue weighted by Crippen LogP contribution is 2.23. The Labute approximate surface area is 215 Å². The van der Waals surface area contributed by atoms with Gasteiger partial charge in [0.2, 0.25) is 21.8 Å². The summed E-state index contributed by atoms with van der Waals surface area (Å²) in [4.78, 5) is 28.4. The topological polar surface area (TPSA) is 96.0 Å². The van der Waals surface area contributed by atoms with Crippen molar-refractivity contribution in [2.75, 3.05) is 23.7 Å². The van der Waals surface area contributed by atoms with Gasteiger partial charge in [-0.25, -0.2) is 8.42 Å². The molecule has 0 bridgehead atoms. The highest BCUT2D eigenvalue weighted by atomic mass is 32.2. The fourth-order valence-electron chi connectivity index (χ4n) is 3.82. The molecule has 0 aliphatic heterocycles. The number of nitrogens with zero attached hydrogens (tertiary/aromatic N) is 2. The fraction of sp³-hybridized carbons (Fsp3) is 0.481. The number of aryl methyl sites for hydroxylation is 1. The van der Waals surface area contributed by atoms with Crippen molar-refractivity contribution in [3.63, 3.8) is 0 Å². The minimum atomic E-state index is -3.78. The first-order valence-corrected chi connectivity index (χ1v) is 14.2. The van der Waals surface area contributed by atoms with Gasteiger partial charge >= 0.3 is 0 Å². The molecule has 0 saturated heterocycles. The minimum Gasteiger partial charge on any atom is -0.494 e. The van der Waals surface area contributed by atoms with E-state index in [-0.39, 0.29) is 18.5 Å². The molecule has 0 saturated carbocycles. The maximum atomic E-state index is 13.7. The van der Waals surface area contributed by atoms with Gasteiger partial charge in [0.05, 0.1) is 18.6 Å². The van der Waals surface area contributed by atoms with Gasteiger partial charge in [0.1, 0.15) is 18.3 Å². The van der Waals surface area contributed by atoms with Crippen molar-refractivity contribution in [2.45, 2.75) is 66.1 Å². The Kier molecular flexibility index (Phi) is 10.8. The van der Waals surface area contributed by atoms with Gasteiger partial charge in [0, 0.05) is 12.6 Å². The van der Waals surface area contributed by atoms with E-state index in [1.54, 1.807) is 24.3 Å². The number of rotatable bonds is 13. The minimum absolute atomic E-state index is 0.0432. The predicted octanol–water partition coefficient (Wildman–Crippen LogP) is 3.88. The third kappa shape index (κ3) is 7.98. The fourth-order valence-corrected chi connectivity index (χ4v) is 4.67. The Morgan fingerprint density at radius 2 is 1.64 bits per heavy atom. The Morgan fingerprint density at radius 1 is 1.00 bits per heavy atom. The van der Waals surface area contributed by atoms with Crippen LogP contribution in [0.25, 0.3) is 0 Å². The van der Waals surface area contributed by atoms with Gasteiger partial charge in [-0.05, 0) is 69.0 Å². The lowest BCUT2D eigenvalue weighted by Gasteiger charge is -2.33. The third-order valence-corrected chi connectivity index (χ3v) is 7.24. The number of carbonyl (C=O) groups is 2. The molecule has 0 aromatic heterocycles. The average molecular weight is 518 g/mol. The maximum absolute atomic E-state index is 13.7. The number of hydrogen-bond donors (Lipinski definition) is 1. The Morgan fingerprint density at radius 3 is 2.17 bits per heavy atom. The van der Waals surface area contributed by atoms with Crippen molar-refractivity contribution in [3.8, 4) is 5.75 Å². The van der Waals surface area contributed by atoms with Gasteiger partial charge in [-0.2, -0.15) is 0 Å². The highest BCUT2D eigenvalue weighted by Gasteiger charge is 2.32. The smallest absolute Gasteiger partial charge is 0.244 e. The van der Waals surface area contributed by atoms with Crippen LogP contribution in [0.5, 0.6) is 5.75 Å². The highest BCUT2D eigenvalue weighted by molar-refractivity contribution is 7.92. The molecule has 2 atom stereocenters. The number of sulfonamides is 1. The van der Waals surface area contributed by atoms with Gasteiger partial charge in [-0.15, -0.1) is 0 Å². The number of carbonyl (C=O) groups excluding carboxylic acids is 2. The summed E-state index contributed by atoms with van der Waals surface area (Å²) in [7, 11) is -3.78. The molecule has 0 unspecified atom stereocenters. The van der Waals surface area contributed by atoms with Crippen molar-refractivity contribution >= 4 is 27.5 Å². The summed E-state index contributed by atoms with van der Waals surface area (Å²) in [6.45, 7) is 9.79. The summed E-state index contributed by atoms with van der Waals surface area (Å²) >= 11 is 0. The molecule has 2 aromatic rings.